The Labute approximate surface area is 184 Å². The highest BCUT2D eigenvalue weighted by atomic mass is 127. The number of aromatic nitrogens is 1. The number of ether oxygens (including phenoxy) is 1. The molecule has 1 aromatic carbocycles. The van der Waals surface area contributed by atoms with Crippen LogP contribution >= 0.6 is 24.0 Å². The molecule has 0 unspecified atom stereocenters. The molecule has 28 heavy (non-hydrogen) atoms. The van der Waals surface area contributed by atoms with Crippen molar-refractivity contribution in [1.82, 2.24) is 15.2 Å². The Morgan fingerprint density at radius 2 is 1.86 bits per heavy atom. The van der Waals surface area contributed by atoms with E-state index in [1.165, 1.54) is 0 Å². The zero-order valence-electron chi connectivity index (χ0n) is 16.9. The summed E-state index contributed by atoms with van der Waals surface area (Å²) in [5, 5.41) is 6.62. The van der Waals surface area contributed by atoms with E-state index < -0.39 is 0 Å². The third kappa shape index (κ3) is 7.92. The number of benzene rings is 1. The third-order valence-electron chi connectivity index (χ3n) is 4.29. The molecule has 1 heterocycles. The fourth-order valence-electron chi connectivity index (χ4n) is 2.75. The molecule has 0 saturated carbocycles. The number of nitrogens with one attached hydrogen (secondary N) is 2. The van der Waals surface area contributed by atoms with Crippen LogP contribution in [-0.4, -0.2) is 30.7 Å². The van der Waals surface area contributed by atoms with Crippen molar-refractivity contribution >= 4 is 29.9 Å². The van der Waals surface area contributed by atoms with Crippen LogP contribution in [0.5, 0.6) is 5.75 Å². The van der Waals surface area contributed by atoms with E-state index in [1.807, 2.05) is 41.8 Å². The zero-order chi connectivity index (χ0) is 19.5. The van der Waals surface area contributed by atoms with Crippen molar-refractivity contribution in [2.45, 2.75) is 39.8 Å². The van der Waals surface area contributed by atoms with Crippen LogP contribution in [0.1, 0.15) is 31.0 Å². The molecule has 0 radical (unpaired) electrons. The van der Waals surface area contributed by atoms with Crippen molar-refractivity contribution in [1.29, 1.82) is 0 Å². The molecule has 2 rings (SSSR count). The van der Waals surface area contributed by atoms with Crippen LogP contribution in [0, 0.1) is 6.92 Å². The van der Waals surface area contributed by atoms with E-state index in [9.17, 15) is 4.79 Å². The lowest BCUT2D eigenvalue weighted by Gasteiger charge is -2.12. The summed E-state index contributed by atoms with van der Waals surface area (Å²) in [5.41, 5.74) is 2.20. The van der Waals surface area contributed by atoms with Crippen LogP contribution in [0.25, 0.3) is 0 Å². The van der Waals surface area contributed by atoms with E-state index in [0.717, 1.165) is 55.4 Å². The number of aryl methyl sites for hydroxylation is 1. The predicted molar refractivity (Wildman–Crippen MR) is 126 cm³/mol. The molecule has 0 spiro atoms. The number of halogens is 1. The summed E-state index contributed by atoms with van der Waals surface area (Å²) >= 11 is 0. The zero-order valence-corrected chi connectivity index (χ0v) is 19.2. The monoisotopic (exact) mass is 498 g/mol. The van der Waals surface area contributed by atoms with E-state index >= 15 is 0 Å². The smallest absolute Gasteiger partial charge is 0.250 e. The molecule has 0 aliphatic carbocycles. The van der Waals surface area contributed by atoms with Crippen molar-refractivity contribution in [3.63, 3.8) is 0 Å². The van der Waals surface area contributed by atoms with E-state index in [4.69, 9.17) is 4.74 Å². The highest BCUT2D eigenvalue weighted by Crippen LogP contribution is 2.11. The molecule has 0 saturated heterocycles. The van der Waals surface area contributed by atoms with Gasteiger partial charge in [0.1, 0.15) is 5.75 Å². The molecule has 0 aliphatic heterocycles. The second kappa shape index (κ2) is 13.2. The van der Waals surface area contributed by atoms with Crippen LogP contribution < -0.4 is 20.9 Å². The lowest BCUT2D eigenvalue weighted by atomic mass is 10.2. The van der Waals surface area contributed by atoms with Crippen molar-refractivity contribution in [3.05, 3.63) is 64.1 Å². The fraction of sp³-hybridized carbons (Fsp3) is 0.429. The van der Waals surface area contributed by atoms with Gasteiger partial charge in [-0.15, -0.1) is 24.0 Å². The van der Waals surface area contributed by atoms with Crippen LogP contribution in [0.2, 0.25) is 0 Å². The van der Waals surface area contributed by atoms with Gasteiger partial charge >= 0.3 is 0 Å². The number of aliphatic imine (C=N–C) groups is 1. The van der Waals surface area contributed by atoms with Gasteiger partial charge in [-0.05, 0) is 50.5 Å². The number of nitrogens with zero attached hydrogens (tertiary/aromatic N) is 2. The van der Waals surface area contributed by atoms with E-state index in [1.54, 1.807) is 19.2 Å². The van der Waals surface area contributed by atoms with Gasteiger partial charge in [-0.1, -0.05) is 18.2 Å². The molecule has 1 aromatic heterocycles. The van der Waals surface area contributed by atoms with E-state index in [-0.39, 0.29) is 29.5 Å². The summed E-state index contributed by atoms with van der Waals surface area (Å²) in [5.74, 6) is 1.65. The largest absolute Gasteiger partial charge is 0.497 e. The SMILES string of the molecule is CCNC(=NCc1ccc(OC)cc1)NCCCCn1c(C)cccc1=O.I. The predicted octanol–water partition coefficient (Wildman–Crippen LogP) is 3.32. The lowest BCUT2D eigenvalue weighted by molar-refractivity contribution is 0.414. The number of hydrogen-bond acceptors (Lipinski definition) is 3. The summed E-state index contributed by atoms with van der Waals surface area (Å²) in [4.78, 5) is 16.5. The first-order valence-electron chi connectivity index (χ1n) is 9.45. The summed E-state index contributed by atoms with van der Waals surface area (Å²) in [6, 6.07) is 13.3. The molecule has 0 bridgehead atoms. The number of rotatable bonds is 9. The van der Waals surface area contributed by atoms with Gasteiger partial charge in [0.2, 0.25) is 0 Å². The molecule has 2 aromatic rings. The fourth-order valence-corrected chi connectivity index (χ4v) is 2.75. The first-order chi connectivity index (χ1) is 13.1. The molecule has 7 heteroatoms. The van der Waals surface area contributed by atoms with Gasteiger partial charge in [0.05, 0.1) is 13.7 Å². The minimum Gasteiger partial charge on any atom is -0.497 e. The Morgan fingerprint density at radius 3 is 2.50 bits per heavy atom. The van der Waals surface area contributed by atoms with Crippen LogP contribution in [0.3, 0.4) is 0 Å². The summed E-state index contributed by atoms with van der Waals surface area (Å²) < 4.78 is 7.00. The first-order valence-corrected chi connectivity index (χ1v) is 9.45. The maximum atomic E-state index is 11.9. The minimum absolute atomic E-state index is 0. The van der Waals surface area contributed by atoms with Crippen molar-refractivity contribution in [2.24, 2.45) is 4.99 Å². The average molecular weight is 498 g/mol. The van der Waals surface area contributed by atoms with Gasteiger partial charge in [0.25, 0.3) is 5.56 Å². The molecule has 0 aliphatic rings. The van der Waals surface area contributed by atoms with E-state index in [0.29, 0.717) is 6.54 Å². The molecule has 0 fully saturated rings. The van der Waals surface area contributed by atoms with Crippen LogP contribution in [0.15, 0.2) is 52.3 Å². The Kier molecular flexibility index (Phi) is 11.3. The third-order valence-corrected chi connectivity index (χ3v) is 4.29. The molecule has 0 atom stereocenters. The normalized spacial score (nSPS) is 10.9. The van der Waals surface area contributed by atoms with Gasteiger partial charge in [-0.3, -0.25) is 4.79 Å². The van der Waals surface area contributed by atoms with Crippen molar-refractivity contribution in [3.8, 4) is 5.75 Å². The Morgan fingerprint density at radius 1 is 1.11 bits per heavy atom. The second-order valence-corrected chi connectivity index (χ2v) is 6.33. The highest BCUT2D eigenvalue weighted by molar-refractivity contribution is 14.0. The quantitative estimate of drug-likeness (QED) is 0.241. The topological polar surface area (TPSA) is 67.7 Å². The van der Waals surface area contributed by atoms with Gasteiger partial charge in [-0.25, -0.2) is 4.99 Å². The second-order valence-electron chi connectivity index (χ2n) is 6.33. The van der Waals surface area contributed by atoms with Crippen LogP contribution in [0.4, 0.5) is 0 Å². The molecular formula is C21H31IN4O2. The Balaban J connectivity index is 0.00000392. The van der Waals surface area contributed by atoms with Crippen molar-refractivity contribution < 1.29 is 4.74 Å². The van der Waals surface area contributed by atoms with Crippen molar-refractivity contribution in [2.75, 3.05) is 20.2 Å². The molecule has 6 nitrogen and oxygen atoms in total. The molecule has 2 N–H and O–H groups in total. The number of guanidine groups is 1. The maximum Gasteiger partial charge on any atom is 0.250 e. The lowest BCUT2D eigenvalue weighted by Crippen LogP contribution is -2.37. The molecule has 154 valence electrons. The van der Waals surface area contributed by atoms with Gasteiger partial charge in [0, 0.05) is 31.4 Å². The number of hydrogen-bond donors (Lipinski definition) is 2. The number of pyridine rings is 1. The Hall–Kier alpha value is -2.03. The van der Waals surface area contributed by atoms with Gasteiger partial charge in [0.15, 0.2) is 5.96 Å². The summed E-state index contributed by atoms with van der Waals surface area (Å²) in [7, 11) is 1.66. The molecular weight excluding hydrogens is 467 g/mol. The Bertz CT molecular complexity index is 788. The number of unbranched alkanes of at least 4 members (excludes halogenated alkanes) is 1. The summed E-state index contributed by atoms with van der Waals surface area (Å²) in [6.07, 6.45) is 1.91. The van der Waals surface area contributed by atoms with E-state index in [2.05, 4.69) is 22.5 Å². The maximum absolute atomic E-state index is 11.9. The molecule has 0 amide bonds. The minimum atomic E-state index is 0. The first kappa shape index (κ1) is 24.0. The van der Waals surface area contributed by atoms with Gasteiger partial charge in [-0.2, -0.15) is 0 Å². The van der Waals surface area contributed by atoms with Gasteiger partial charge < -0.3 is 19.9 Å². The van der Waals surface area contributed by atoms with Crippen LogP contribution in [-0.2, 0) is 13.1 Å². The standard InChI is InChI=1S/C21H30N4O2.HI/c1-4-22-21(24-16-18-10-12-19(27-3)13-11-18)23-14-5-6-15-25-17(2)8-7-9-20(25)26;/h7-13H,4-6,14-16H2,1-3H3,(H2,22,23,24);1H. The number of methoxy groups -OCH3 is 1. The summed E-state index contributed by atoms with van der Waals surface area (Å²) in [6.45, 7) is 7.00. The average Bonchev–Trinajstić information content (AvgIpc) is 2.68. The highest BCUT2D eigenvalue weighted by Gasteiger charge is 2.01.